The fourth-order valence-electron chi connectivity index (χ4n) is 1.21. The van der Waals surface area contributed by atoms with Gasteiger partial charge in [0.25, 0.3) is 0 Å². The predicted molar refractivity (Wildman–Crippen MR) is 52.4 cm³/mol. The number of carboxylic acids is 1. The van der Waals surface area contributed by atoms with E-state index in [0.29, 0.717) is 0 Å². The summed E-state index contributed by atoms with van der Waals surface area (Å²) in [5.41, 5.74) is -3.99. The molecule has 0 bridgehead atoms. The van der Waals surface area contributed by atoms with Crippen LogP contribution in [-0.4, -0.2) is 22.4 Å². The first-order chi connectivity index (χ1) is 8.95. The summed E-state index contributed by atoms with van der Waals surface area (Å²) in [4.78, 5) is 13.4. The standard InChI is InChI=1S/C9H4ClF6NO3/c10-2-3-1-4(8(11,12)13)17-5(7(18)19)6(3)20-9(14,15)16/h1H,2H2,(H,18,19). The van der Waals surface area contributed by atoms with Gasteiger partial charge >= 0.3 is 18.5 Å². The molecule has 0 saturated heterocycles. The van der Waals surface area contributed by atoms with Gasteiger partial charge in [0.2, 0.25) is 0 Å². The Hall–Kier alpha value is -1.71. The van der Waals surface area contributed by atoms with Crippen LogP contribution >= 0.6 is 11.6 Å². The Balaban J connectivity index is 3.53. The van der Waals surface area contributed by atoms with Crippen molar-refractivity contribution in [1.29, 1.82) is 0 Å². The van der Waals surface area contributed by atoms with Crippen molar-refractivity contribution < 1.29 is 41.0 Å². The maximum Gasteiger partial charge on any atom is 0.573 e. The molecular weight excluding hydrogens is 320 g/mol. The van der Waals surface area contributed by atoms with Crippen molar-refractivity contribution in [2.24, 2.45) is 0 Å². The lowest BCUT2D eigenvalue weighted by atomic mass is 10.1. The van der Waals surface area contributed by atoms with E-state index in [-0.39, 0.29) is 6.07 Å². The highest BCUT2D eigenvalue weighted by Crippen LogP contribution is 2.35. The van der Waals surface area contributed by atoms with Gasteiger partial charge in [-0.25, -0.2) is 9.78 Å². The number of rotatable bonds is 3. The molecule has 1 rings (SSSR count). The first-order valence-corrected chi connectivity index (χ1v) is 5.15. The molecule has 0 unspecified atom stereocenters. The van der Waals surface area contributed by atoms with Crippen LogP contribution in [0.4, 0.5) is 26.3 Å². The van der Waals surface area contributed by atoms with Crippen LogP contribution in [0.5, 0.6) is 5.75 Å². The van der Waals surface area contributed by atoms with Crippen LogP contribution in [0, 0.1) is 0 Å². The summed E-state index contributed by atoms with van der Waals surface area (Å²) in [5.74, 6) is -4.30. The molecule has 0 saturated carbocycles. The van der Waals surface area contributed by atoms with Crippen molar-refractivity contribution in [3.8, 4) is 5.75 Å². The van der Waals surface area contributed by atoms with E-state index in [1.165, 1.54) is 0 Å². The largest absolute Gasteiger partial charge is 0.573 e. The van der Waals surface area contributed by atoms with Crippen LogP contribution in [-0.2, 0) is 12.1 Å². The molecule has 0 spiro atoms. The molecule has 1 aromatic rings. The molecule has 11 heteroatoms. The second-order valence-electron chi connectivity index (χ2n) is 3.33. The fourth-order valence-corrected chi connectivity index (χ4v) is 1.40. The van der Waals surface area contributed by atoms with Gasteiger partial charge in [0.05, 0.1) is 5.88 Å². The topological polar surface area (TPSA) is 59.4 Å². The van der Waals surface area contributed by atoms with Gasteiger partial charge in [-0.3, -0.25) is 0 Å². The Morgan fingerprint density at radius 1 is 1.30 bits per heavy atom. The van der Waals surface area contributed by atoms with Gasteiger partial charge in [-0.15, -0.1) is 24.8 Å². The summed E-state index contributed by atoms with van der Waals surface area (Å²) in [5, 5.41) is 8.65. The molecule has 0 amide bonds. The molecule has 4 nitrogen and oxygen atoms in total. The zero-order valence-corrected chi connectivity index (χ0v) is 9.90. The van der Waals surface area contributed by atoms with Crippen LogP contribution in [0.3, 0.4) is 0 Å². The maximum absolute atomic E-state index is 12.5. The number of pyridine rings is 1. The van der Waals surface area contributed by atoms with Gasteiger partial charge in [0.1, 0.15) is 5.69 Å². The first-order valence-electron chi connectivity index (χ1n) is 4.62. The van der Waals surface area contributed by atoms with Crippen LogP contribution in [0.25, 0.3) is 0 Å². The number of carboxylic acid groups (broad SMARTS) is 1. The van der Waals surface area contributed by atoms with Gasteiger partial charge in [0, 0.05) is 5.56 Å². The van der Waals surface area contributed by atoms with Gasteiger partial charge in [0.15, 0.2) is 11.4 Å². The number of hydrogen-bond donors (Lipinski definition) is 1. The van der Waals surface area contributed by atoms with Crippen molar-refractivity contribution in [3.05, 3.63) is 23.0 Å². The van der Waals surface area contributed by atoms with Gasteiger partial charge in [-0.2, -0.15) is 13.2 Å². The third-order valence-corrected chi connectivity index (χ3v) is 2.19. The molecule has 20 heavy (non-hydrogen) atoms. The first kappa shape index (κ1) is 16.3. The Kier molecular flexibility index (Phi) is 4.37. The second-order valence-corrected chi connectivity index (χ2v) is 3.60. The van der Waals surface area contributed by atoms with E-state index in [9.17, 15) is 31.1 Å². The molecule has 0 fully saturated rings. The average Bonchev–Trinajstić information content (AvgIpc) is 2.25. The van der Waals surface area contributed by atoms with Gasteiger partial charge in [-0.05, 0) is 6.07 Å². The Bertz CT molecular complexity index is 528. The molecule has 0 aliphatic rings. The fraction of sp³-hybridized carbons (Fsp3) is 0.333. The Morgan fingerprint density at radius 2 is 1.85 bits per heavy atom. The number of aromatic carboxylic acids is 1. The van der Waals surface area contributed by atoms with Crippen LogP contribution in [0.2, 0.25) is 0 Å². The normalized spacial score (nSPS) is 12.3. The van der Waals surface area contributed by atoms with E-state index in [1.54, 1.807) is 0 Å². The Morgan fingerprint density at radius 3 is 2.20 bits per heavy atom. The summed E-state index contributed by atoms with van der Waals surface area (Å²) in [6.07, 6.45) is -10.3. The second kappa shape index (κ2) is 5.35. The molecular formula is C9H4ClF6NO3. The summed E-state index contributed by atoms with van der Waals surface area (Å²) >= 11 is 5.22. The molecule has 112 valence electrons. The number of hydrogen-bond acceptors (Lipinski definition) is 3. The van der Waals surface area contributed by atoms with E-state index in [2.05, 4.69) is 9.72 Å². The summed E-state index contributed by atoms with van der Waals surface area (Å²) in [6, 6.07) is 0.195. The summed E-state index contributed by atoms with van der Waals surface area (Å²) in [7, 11) is 0. The van der Waals surface area contributed by atoms with Gasteiger partial charge < -0.3 is 9.84 Å². The minimum atomic E-state index is -5.30. The highest BCUT2D eigenvalue weighted by Gasteiger charge is 2.39. The van der Waals surface area contributed by atoms with Crippen molar-refractivity contribution in [2.75, 3.05) is 0 Å². The lowest BCUT2D eigenvalue weighted by molar-refractivity contribution is -0.275. The maximum atomic E-state index is 12.5. The number of alkyl halides is 7. The molecule has 0 aliphatic heterocycles. The molecule has 1 aromatic heterocycles. The third-order valence-electron chi connectivity index (χ3n) is 1.90. The molecule has 1 N–H and O–H groups in total. The quantitative estimate of drug-likeness (QED) is 0.684. The van der Waals surface area contributed by atoms with Crippen LogP contribution in [0.15, 0.2) is 6.07 Å². The highest BCUT2D eigenvalue weighted by atomic mass is 35.5. The molecule has 0 radical (unpaired) electrons. The van der Waals surface area contributed by atoms with Gasteiger partial charge in [-0.1, -0.05) is 0 Å². The number of ether oxygens (including phenoxy) is 1. The van der Waals surface area contributed by atoms with Crippen LogP contribution in [0.1, 0.15) is 21.7 Å². The predicted octanol–water partition coefficient (Wildman–Crippen LogP) is 3.44. The van der Waals surface area contributed by atoms with E-state index in [4.69, 9.17) is 16.7 Å². The van der Waals surface area contributed by atoms with Crippen molar-refractivity contribution in [2.45, 2.75) is 18.4 Å². The third kappa shape index (κ3) is 3.89. The lowest BCUT2D eigenvalue weighted by Gasteiger charge is -2.16. The molecule has 0 aliphatic carbocycles. The highest BCUT2D eigenvalue weighted by molar-refractivity contribution is 6.17. The number of aromatic nitrogens is 1. The zero-order chi connectivity index (χ0) is 15.7. The van der Waals surface area contributed by atoms with E-state index >= 15 is 0 Å². The minimum Gasteiger partial charge on any atom is -0.476 e. The molecule has 1 heterocycles. The molecule has 0 aromatic carbocycles. The summed E-state index contributed by atoms with van der Waals surface area (Å²) < 4.78 is 77.1. The number of halogens is 7. The van der Waals surface area contributed by atoms with Crippen molar-refractivity contribution >= 4 is 17.6 Å². The van der Waals surface area contributed by atoms with Crippen molar-refractivity contribution in [3.63, 3.8) is 0 Å². The molecule has 0 atom stereocenters. The van der Waals surface area contributed by atoms with E-state index in [1.807, 2.05) is 0 Å². The SMILES string of the molecule is O=C(O)c1nc(C(F)(F)F)cc(CCl)c1OC(F)(F)F. The van der Waals surface area contributed by atoms with Crippen molar-refractivity contribution in [1.82, 2.24) is 4.98 Å². The lowest BCUT2D eigenvalue weighted by Crippen LogP contribution is -2.22. The summed E-state index contributed by atoms with van der Waals surface area (Å²) in [6.45, 7) is 0. The minimum absolute atomic E-state index is 0.195. The van der Waals surface area contributed by atoms with Crippen LogP contribution < -0.4 is 4.74 Å². The number of carbonyl (C=O) groups is 1. The van der Waals surface area contributed by atoms with E-state index < -0.39 is 47.1 Å². The Labute approximate surface area is 111 Å². The monoisotopic (exact) mass is 323 g/mol. The average molecular weight is 324 g/mol. The zero-order valence-electron chi connectivity index (χ0n) is 9.14. The smallest absolute Gasteiger partial charge is 0.476 e. The number of nitrogens with zero attached hydrogens (tertiary/aromatic N) is 1. The van der Waals surface area contributed by atoms with E-state index in [0.717, 1.165) is 0 Å².